The van der Waals surface area contributed by atoms with Crippen molar-refractivity contribution in [3.63, 3.8) is 0 Å². The molecular formula is C21H19N3O4. The van der Waals surface area contributed by atoms with Gasteiger partial charge >= 0.3 is 6.09 Å². The van der Waals surface area contributed by atoms with Crippen molar-refractivity contribution in [1.29, 1.82) is 5.26 Å². The van der Waals surface area contributed by atoms with E-state index in [0.717, 1.165) is 5.56 Å². The number of benzene rings is 2. The maximum atomic E-state index is 12.3. The van der Waals surface area contributed by atoms with Crippen molar-refractivity contribution in [2.24, 2.45) is 0 Å². The summed E-state index contributed by atoms with van der Waals surface area (Å²) < 4.78 is 5.79. The number of hydrogen-bond acceptors (Lipinski definition) is 4. The third kappa shape index (κ3) is 2.83. The topological polar surface area (TPSA) is 103 Å². The lowest BCUT2D eigenvalue weighted by Gasteiger charge is -2.34. The summed E-state index contributed by atoms with van der Waals surface area (Å²) in [4.78, 5) is 25.6. The molecule has 2 heterocycles. The minimum Gasteiger partial charge on any atom is -0.465 e. The Morgan fingerprint density at radius 3 is 2.61 bits per heavy atom. The molecule has 2 aliphatic heterocycles. The van der Waals surface area contributed by atoms with Crippen molar-refractivity contribution >= 4 is 12.0 Å². The number of rotatable bonds is 3. The molecule has 2 aromatic rings. The van der Waals surface area contributed by atoms with E-state index in [1.165, 1.54) is 4.90 Å². The van der Waals surface area contributed by atoms with Crippen molar-refractivity contribution in [2.45, 2.75) is 30.8 Å². The zero-order chi connectivity index (χ0) is 19.7. The fraction of sp³-hybridized carbons (Fsp3) is 0.286. The lowest BCUT2D eigenvalue weighted by atomic mass is 9.95. The lowest BCUT2D eigenvalue weighted by molar-refractivity contribution is -0.128. The van der Waals surface area contributed by atoms with Gasteiger partial charge in [0.15, 0.2) is 0 Å². The first-order valence-corrected chi connectivity index (χ1v) is 9.13. The number of nitrogens with zero attached hydrogens (tertiary/aromatic N) is 2. The van der Waals surface area contributed by atoms with Crippen LogP contribution >= 0.6 is 0 Å². The first-order valence-electron chi connectivity index (χ1n) is 9.13. The SMILES string of the molecule is N#Cc1ccccc1Oc1ccc([C@H]2CC[C@]3(CCNC3=O)N2C(=O)O)cc1. The second-order valence-electron chi connectivity index (χ2n) is 7.02. The summed E-state index contributed by atoms with van der Waals surface area (Å²) in [5.74, 6) is 0.817. The van der Waals surface area contributed by atoms with Gasteiger partial charge in [-0.05, 0) is 49.1 Å². The molecule has 0 radical (unpaired) electrons. The van der Waals surface area contributed by atoms with Crippen molar-refractivity contribution in [2.75, 3.05) is 6.54 Å². The molecule has 2 fully saturated rings. The molecule has 2 N–H and O–H groups in total. The van der Waals surface area contributed by atoms with E-state index < -0.39 is 11.6 Å². The van der Waals surface area contributed by atoms with Gasteiger partial charge in [-0.1, -0.05) is 24.3 Å². The summed E-state index contributed by atoms with van der Waals surface area (Å²) in [7, 11) is 0. The van der Waals surface area contributed by atoms with Crippen LogP contribution in [0, 0.1) is 11.3 Å². The van der Waals surface area contributed by atoms with E-state index in [4.69, 9.17) is 10.00 Å². The number of hydrogen-bond donors (Lipinski definition) is 2. The molecule has 0 aliphatic carbocycles. The number of nitrogens with one attached hydrogen (secondary N) is 1. The van der Waals surface area contributed by atoms with E-state index in [-0.39, 0.29) is 11.9 Å². The van der Waals surface area contributed by atoms with Crippen molar-refractivity contribution in [1.82, 2.24) is 10.2 Å². The van der Waals surface area contributed by atoms with E-state index in [0.29, 0.717) is 42.9 Å². The third-order valence-electron chi connectivity index (χ3n) is 5.56. The fourth-order valence-electron chi connectivity index (χ4n) is 4.22. The average Bonchev–Trinajstić information content (AvgIpc) is 3.27. The van der Waals surface area contributed by atoms with Crippen LogP contribution in [0.3, 0.4) is 0 Å². The molecule has 0 bridgehead atoms. The Morgan fingerprint density at radius 2 is 1.96 bits per heavy atom. The molecule has 2 saturated heterocycles. The molecule has 0 aromatic heterocycles. The molecule has 2 aromatic carbocycles. The normalized spacial score (nSPS) is 23.5. The van der Waals surface area contributed by atoms with Gasteiger partial charge in [0.25, 0.3) is 0 Å². The predicted octanol–water partition coefficient (Wildman–Crippen LogP) is 3.42. The minimum atomic E-state index is -1.08. The van der Waals surface area contributed by atoms with Crippen LogP contribution in [0.25, 0.3) is 0 Å². The fourth-order valence-corrected chi connectivity index (χ4v) is 4.22. The van der Waals surface area contributed by atoms with Crippen LogP contribution in [0.4, 0.5) is 4.79 Å². The average molecular weight is 377 g/mol. The molecule has 4 rings (SSSR count). The van der Waals surface area contributed by atoms with E-state index in [2.05, 4.69) is 11.4 Å². The molecule has 7 nitrogen and oxygen atoms in total. The highest BCUT2D eigenvalue weighted by Gasteiger charge is 2.56. The second kappa shape index (κ2) is 6.89. The maximum Gasteiger partial charge on any atom is 0.408 e. The van der Waals surface area contributed by atoms with Crippen molar-refractivity contribution < 1.29 is 19.4 Å². The van der Waals surface area contributed by atoms with Gasteiger partial charge in [0.2, 0.25) is 5.91 Å². The Kier molecular flexibility index (Phi) is 4.40. The summed E-state index contributed by atoms with van der Waals surface area (Å²) in [6, 6.07) is 15.8. The van der Waals surface area contributed by atoms with E-state index in [1.54, 1.807) is 36.4 Å². The maximum absolute atomic E-state index is 12.3. The van der Waals surface area contributed by atoms with Gasteiger partial charge in [-0.2, -0.15) is 5.26 Å². The van der Waals surface area contributed by atoms with Crippen LogP contribution in [0.15, 0.2) is 48.5 Å². The number of para-hydroxylation sites is 1. The highest BCUT2D eigenvalue weighted by atomic mass is 16.5. The van der Waals surface area contributed by atoms with Gasteiger partial charge in [-0.3, -0.25) is 9.69 Å². The summed E-state index contributed by atoms with van der Waals surface area (Å²) in [5, 5.41) is 21.7. The van der Waals surface area contributed by atoms with Gasteiger partial charge in [0, 0.05) is 6.54 Å². The molecular weight excluding hydrogens is 358 g/mol. The van der Waals surface area contributed by atoms with Crippen LogP contribution in [0.1, 0.15) is 36.4 Å². The molecule has 0 saturated carbocycles. The quantitative estimate of drug-likeness (QED) is 0.853. The number of carbonyl (C=O) groups is 2. The van der Waals surface area contributed by atoms with Gasteiger partial charge < -0.3 is 15.2 Å². The Bertz CT molecular complexity index is 966. The number of amides is 2. The molecule has 7 heteroatoms. The van der Waals surface area contributed by atoms with Crippen LogP contribution in [0.2, 0.25) is 0 Å². The molecule has 2 aliphatic rings. The number of ether oxygens (including phenoxy) is 1. The van der Waals surface area contributed by atoms with E-state index in [9.17, 15) is 14.7 Å². The van der Waals surface area contributed by atoms with Crippen molar-refractivity contribution in [3.05, 3.63) is 59.7 Å². The molecule has 2 atom stereocenters. The zero-order valence-corrected chi connectivity index (χ0v) is 15.1. The summed E-state index contributed by atoms with van der Waals surface area (Å²) >= 11 is 0. The van der Waals surface area contributed by atoms with Gasteiger partial charge in [-0.15, -0.1) is 0 Å². The lowest BCUT2D eigenvalue weighted by Crippen LogP contribution is -2.52. The number of likely N-dealkylation sites (tertiary alicyclic amines) is 1. The molecule has 1 spiro atoms. The molecule has 2 amide bonds. The highest BCUT2D eigenvalue weighted by molar-refractivity contribution is 5.92. The van der Waals surface area contributed by atoms with Gasteiger partial charge in [0.05, 0.1) is 11.6 Å². The second-order valence-corrected chi connectivity index (χ2v) is 7.02. The Balaban J connectivity index is 1.58. The van der Waals surface area contributed by atoms with Crippen LogP contribution < -0.4 is 10.1 Å². The van der Waals surface area contributed by atoms with Crippen LogP contribution in [0.5, 0.6) is 11.5 Å². The predicted molar refractivity (Wildman–Crippen MR) is 99.9 cm³/mol. The van der Waals surface area contributed by atoms with Crippen molar-refractivity contribution in [3.8, 4) is 17.6 Å². The summed E-state index contributed by atoms with van der Waals surface area (Å²) in [5.41, 5.74) is 0.297. The molecule has 0 unspecified atom stereocenters. The molecule has 28 heavy (non-hydrogen) atoms. The van der Waals surface area contributed by atoms with Gasteiger partial charge in [-0.25, -0.2) is 4.79 Å². The van der Waals surface area contributed by atoms with Crippen LogP contribution in [-0.2, 0) is 4.79 Å². The third-order valence-corrected chi connectivity index (χ3v) is 5.56. The van der Waals surface area contributed by atoms with E-state index >= 15 is 0 Å². The Morgan fingerprint density at radius 1 is 1.21 bits per heavy atom. The number of carbonyl (C=O) groups excluding carboxylic acids is 1. The minimum absolute atomic E-state index is 0.203. The highest BCUT2D eigenvalue weighted by Crippen LogP contribution is 2.46. The van der Waals surface area contributed by atoms with Crippen LogP contribution in [-0.4, -0.2) is 34.1 Å². The first kappa shape index (κ1) is 17.9. The number of nitriles is 1. The smallest absolute Gasteiger partial charge is 0.408 e. The zero-order valence-electron chi connectivity index (χ0n) is 15.1. The summed E-state index contributed by atoms with van der Waals surface area (Å²) in [6.45, 7) is 0.500. The Hall–Kier alpha value is -3.53. The largest absolute Gasteiger partial charge is 0.465 e. The van der Waals surface area contributed by atoms with Gasteiger partial charge in [0.1, 0.15) is 23.1 Å². The monoisotopic (exact) mass is 377 g/mol. The summed E-state index contributed by atoms with van der Waals surface area (Å²) in [6.07, 6.45) is 0.532. The van der Waals surface area contributed by atoms with E-state index in [1.807, 2.05) is 12.1 Å². The Labute approximate surface area is 162 Å². The standard InChI is InChI=1S/C21H19N3O4/c22-13-15-3-1-2-4-18(15)28-16-7-5-14(6-8-16)17-9-10-21(24(17)20(26)27)11-12-23-19(21)25/h1-8,17H,9-12H2,(H,23,25)(H,26,27)/t17-,21-/m1/s1. The number of carboxylic acid groups (broad SMARTS) is 1. The first-order chi connectivity index (χ1) is 13.5. The molecule has 142 valence electrons.